The number of nitrogens with one attached hydrogen (secondary N) is 2. The summed E-state index contributed by atoms with van der Waals surface area (Å²) in [6, 6.07) is 49.9. The lowest BCUT2D eigenvalue weighted by Crippen LogP contribution is -2.34. The number of amides is 3. The van der Waals surface area contributed by atoms with E-state index >= 15 is 0 Å². The van der Waals surface area contributed by atoms with Gasteiger partial charge in [-0.05, 0) is 84.3 Å². The molecule has 1 unspecified atom stereocenters. The number of fused-ring (bicyclic) bond motifs is 2. The number of benzene rings is 6. The highest BCUT2D eigenvalue weighted by Gasteiger charge is 2.31. The molecule has 51 heavy (non-hydrogen) atoms. The quantitative estimate of drug-likeness (QED) is 0.116. The number of anilines is 3. The van der Waals surface area contributed by atoms with E-state index < -0.39 is 17.1 Å². The molecule has 0 spiro atoms. The van der Waals surface area contributed by atoms with E-state index in [4.69, 9.17) is 0 Å². The summed E-state index contributed by atoms with van der Waals surface area (Å²) in [6.07, 6.45) is 1.66. The smallest absolute Gasteiger partial charge is 0.272 e. The van der Waals surface area contributed by atoms with Crippen molar-refractivity contribution in [3.8, 4) is 11.1 Å². The molecule has 0 fully saturated rings. The average Bonchev–Trinajstić information content (AvgIpc) is 3.17. The molecular formula is C43H33N3O3S2. The second kappa shape index (κ2) is 15.4. The molecule has 3 amide bonds. The molecule has 0 aromatic heterocycles. The Kier molecular flexibility index (Phi) is 10.1. The van der Waals surface area contributed by atoms with Crippen LogP contribution in [0.2, 0.25) is 0 Å². The van der Waals surface area contributed by atoms with E-state index in [1.807, 2.05) is 139 Å². The largest absolute Gasteiger partial charge is 0.321 e. The maximum Gasteiger partial charge on any atom is 0.272 e. The Hall–Kier alpha value is -5.83. The highest BCUT2D eigenvalue weighted by atomic mass is 32.2. The van der Waals surface area contributed by atoms with Crippen LogP contribution in [0.25, 0.3) is 17.2 Å². The Labute approximate surface area is 305 Å². The molecule has 8 heteroatoms. The first kappa shape index (κ1) is 33.7. The number of para-hydroxylation sites is 2. The number of nitrogens with zero attached hydrogens (tertiary/aromatic N) is 1. The van der Waals surface area contributed by atoms with E-state index in [-0.39, 0.29) is 11.6 Å². The van der Waals surface area contributed by atoms with Gasteiger partial charge in [0, 0.05) is 25.9 Å². The average molecular weight is 704 g/mol. The van der Waals surface area contributed by atoms with Crippen molar-refractivity contribution in [2.75, 3.05) is 10.2 Å². The second-order valence-electron chi connectivity index (χ2n) is 11.8. The van der Waals surface area contributed by atoms with Gasteiger partial charge in [0.25, 0.3) is 11.8 Å². The van der Waals surface area contributed by atoms with Crippen LogP contribution in [0.4, 0.5) is 17.1 Å². The first-order valence-corrected chi connectivity index (χ1v) is 18.1. The maximum atomic E-state index is 14.1. The van der Waals surface area contributed by atoms with Crippen LogP contribution < -0.4 is 15.5 Å². The first-order valence-electron chi connectivity index (χ1n) is 16.4. The molecule has 6 nitrogen and oxygen atoms in total. The third kappa shape index (κ3) is 7.83. The minimum atomic E-state index is -0.475. The van der Waals surface area contributed by atoms with E-state index in [1.54, 1.807) is 48.2 Å². The van der Waals surface area contributed by atoms with Gasteiger partial charge in [-0.1, -0.05) is 115 Å². The van der Waals surface area contributed by atoms with Crippen molar-refractivity contribution in [2.45, 2.75) is 26.9 Å². The van der Waals surface area contributed by atoms with Gasteiger partial charge in [-0.15, -0.1) is 11.8 Å². The van der Waals surface area contributed by atoms with E-state index in [2.05, 4.69) is 10.6 Å². The predicted molar refractivity (Wildman–Crippen MR) is 208 cm³/mol. The van der Waals surface area contributed by atoms with Gasteiger partial charge in [0.15, 0.2) is 0 Å². The molecule has 2 N–H and O–H groups in total. The van der Waals surface area contributed by atoms with Crippen LogP contribution in [0.3, 0.4) is 0 Å². The van der Waals surface area contributed by atoms with E-state index in [1.165, 1.54) is 11.8 Å². The Morgan fingerprint density at radius 3 is 1.92 bits per heavy atom. The molecule has 6 aromatic carbocycles. The third-order valence-corrected chi connectivity index (χ3v) is 10.5. The molecule has 0 saturated heterocycles. The van der Waals surface area contributed by atoms with Crippen LogP contribution in [0.5, 0.6) is 0 Å². The molecule has 1 atom stereocenters. The first-order chi connectivity index (χ1) is 24.9. The summed E-state index contributed by atoms with van der Waals surface area (Å²) >= 11 is 3.08. The third-order valence-electron chi connectivity index (χ3n) is 8.26. The van der Waals surface area contributed by atoms with Gasteiger partial charge >= 0.3 is 0 Å². The fraction of sp³-hybridized carbons (Fsp3) is 0.0465. The van der Waals surface area contributed by atoms with Crippen molar-refractivity contribution < 1.29 is 14.4 Å². The Morgan fingerprint density at radius 2 is 1.25 bits per heavy atom. The molecule has 1 aliphatic heterocycles. The normalized spacial score (nSPS) is 12.6. The fourth-order valence-electron chi connectivity index (χ4n) is 5.74. The highest BCUT2D eigenvalue weighted by molar-refractivity contribution is 8.00. The molecule has 0 aliphatic carbocycles. The van der Waals surface area contributed by atoms with Crippen molar-refractivity contribution in [1.82, 2.24) is 5.32 Å². The Morgan fingerprint density at radius 1 is 0.667 bits per heavy atom. The molecule has 1 aliphatic rings. The van der Waals surface area contributed by atoms with Crippen molar-refractivity contribution in [3.63, 3.8) is 0 Å². The predicted octanol–water partition coefficient (Wildman–Crippen LogP) is 10.1. The van der Waals surface area contributed by atoms with Crippen LogP contribution in [0.15, 0.2) is 178 Å². The van der Waals surface area contributed by atoms with Crippen molar-refractivity contribution in [1.29, 1.82) is 0 Å². The van der Waals surface area contributed by atoms with Gasteiger partial charge in [-0.2, -0.15) is 0 Å². The number of hydrogen-bond donors (Lipinski definition) is 2. The lowest BCUT2D eigenvalue weighted by atomic mass is 10.0. The fourth-order valence-corrected chi connectivity index (χ4v) is 7.76. The molecular weight excluding hydrogens is 671 g/mol. The van der Waals surface area contributed by atoms with Gasteiger partial charge < -0.3 is 10.6 Å². The molecule has 250 valence electrons. The Balaban J connectivity index is 1.10. The standard InChI is InChI=1S/C43H33N3O3S2/c1-29(43(49)46-37-19-8-10-21-39(37)51-40-22-11-9-20-38(40)46)50-35-18-12-17-34(28-35)44-42(48)36(45-41(47)33-15-6-3-7-16-33)27-30-23-25-32(26-24-30)31-13-4-2-5-14-31/h2-29H,1H3,(H,44,48)(H,45,47)/b36-27+. The topological polar surface area (TPSA) is 78.5 Å². The SMILES string of the molecule is CC(Sc1cccc(NC(=O)/C(=C\c2ccc(-c3ccccc3)cc2)NC(=O)c2ccccc2)c1)C(=O)N1c2ccccc2Sc2ccccc21. The van der Waals surface area contributed by atoms with Crippen LogP contribution in [0, 0.1) is 0 Å². The van der Waals surface area contributed by atoms with Crippen LogP contribution in [-0.4, -0.2) is 23.0 Å². The Bertz CT molecular complexity index is 2190. The van der Waals surface area contributed by atoms with Gasteiger partial charge in [-0.3, -0.25) is 19.3 Å². The van der Waals surface area contributed by atoms with Crippen molar-refractivity contribution in [2.24, 2.45) is 0 Å². The maximum absolute atomic E-state index is 14.1. The number of thioether (sulfide) groups is 1. The van der Waals surface area contributed by atoms with Crippen LogP contribution in [0.1, 0.15) is 22.8 Å². The monoisotopic (exact) mass is 703 g/mol. The van der Waals surface area contributed by atoms with Crippen molar-refractivity contribution in [3.05, 3.63) is 175 Å². The molecule has 1 heterocycles. The summed E-state index contributed by atoms with van der Waals surface area (Å²) < 4.78 is 0. The zero-order valence-corrected chi connectivity index (χ0v) is 29.3. The van der Waals surface area contributed by atoms with E-state index in [0.29, 0.717) is 11.3 Å². The molecule has 0 saturated carbocycles. The zero-order valence-electron chi connectivity index (χ0n) is 27.7. The summed E-state index contributed by atoms with van der Waals surface area (Å²) in [5.74, 6) is -0.910. The zero-order chi connectivity index (χ0) is 35.2. The van der Waals surface area contributed by atoms with Gasteiger partial charge in [0.2, 0.25) is 5.91 Å². The van der Waals surface area contributed by atoms with E-state index in [9.17, 15) is 14.4 Å². The second-order valence-corrected chi connectivity index (χ2v) is 14.3. The number of hydrogen-bond acceptors (Lipinski definition) is 5. The summed E-state index contributed by atoms with van der Waals surface area (Å²) in [4.78, 5) is 45.7. The molecule has 0 bridgehead atoms. The molecule has 6 aromatic rings. The van der Waals surface area contributed by atoms with E-state index in [0.717, 1.165) is 42.8 Å². The minimum Gasteiger partial charge on any atom is -0.321 e. The minimum absolute atomic E-state index is 0.0400. The summed E-state index contributed by atoms with van der Waals surface area (Å²) in [6.45, 7) is 1.90. The lowest BCUT2D eigenvalue weighted by molar-refractivity contribution is -0.117. The summed E-state index contributed by atoms with van der Waals surface area (Å²) in [5, 5.41) is 5.34. The number of carbonyl (C=O) groups excluding carboxylic acids is 3. The molecule has 0 radical (unpaired) electrons. The number of rotatable bonds is 9. The molecule has 7 rings (SSSR count). The van der Waals surface area contributed by atoms with Crippen LogP contribution >= 0.6 is 23.5 Å². The highest BCUT2D eigenvalue weighted by Crippen LogP contribution is 2.48. The summed E-state index contributed by atoms with van der Waals surface area (Å²) in [5.41, 5.74) is 5.68. The summed E-state index contributed by atoms with van der Waals surface area (Å²) in [7, 11) is 0. The van der Waals surface area contributed by atoms with Crippen molar-refractivity contribution >= 4 is 64.4 Å². The van der Waals surface area contributed by atoms with Gasteiger partial charge in [0.1, 0.15) is 5.70 Å². The lowest BCUT2D eigenvalue weighted by Gasteiger charge is -2.32. The van der Waals surface area contributed by atoms with Gasteiger partial charge in [0.05, 0.1) is 16.6 Å². The van der Waals surface area contributed by atoms with Gasteiger partial charge in [-0.25, -0.2) is 0 Å². The van der Waals surface area contributed by atoms with Crippen LogP contribution in [-0.2, 0) is 9.59 Å². The number of carbonyl (C=O) groups is 3.